The van der Waals surface area contributed by atoms with Crippen molar-refractivity contribution >= 4 is 11.8 Å². The van der Waals surface area contributed by atoms with Gasteiger partial charge in [-0.05, 0) is 18.7 Å². The SMILES string of the molecule is CNC(CSCc1ccccc1)c1ccccc1O. The Morgan fingerprint density at radius 2 is 1.74 bits per heavy atom. The van der Waals surface area contributed by atoms with Gasteiger partial charge in [-0.25, -0.2) is 0 Å². The van der Waals surface area contributed by atoms with Gasteiger partial charge in [-0.15, -0.1) is 0 Å². The molecule has 0 aromatic heterocycles. The highest BCUT2D eigenvalue weighted by Crippen LogP contribution is 2.27. The molecule has 19 heavy (non-hydrogen) atoms. The van der Waals surface area contributed by atoms with E-state index in [0.717, 1.165) is 17.1 Å². The molecule has 0 aliphatic rings. The smallest absolute Gasteiger partial charge is 0.120 e. The van der Waals surface area contributed by atoms with E-state index in [1.807, 2.05) is 43.1 Å². The summed E-state index contributed by atoms with van der Waals surface area (Å²) < 4.78 is 0. The number of para-hydroxylation sites is 1. The van der Waals surface area contributed by atoms with Crippen molar-refractivity contribution in [3.05, 3.63) is 65.7 Å². The Hall–Kier alpha value is -1.45. The van der Waals surface area contributed by atoms with Gasteiger partial charge >= 0.3 is 0 Å². The molecule has 0 saturated carbocycles. The minimum absolute atomic E-state index is 0.176. The van der Waals surface area contributed by atoms with Crippen LogP contribution in [0.5, 0.6) is 5.75 Å². The van der Waals surface area contributed by atoms with Crippen molar-refractivity contribution in [1.82, 2.24) is 5.32 Å². The third-order valence-electron chi connectivity index (χ3n) is 3.06. The van der Waals surface area contributed by atoms with Gasteiger partial charge in [-0.3, -0.25) is 0 Å². The van der Waals surface area contributed by atoms with Gasteiger partial charge in [-0.2, -0.15) is 11.8 Å². The maximum Gasteiger partial charge on any atom is 0.120 e. The van der Waals surface area contributed by atoms with E-state index in [0.29, 0.717) is 5.75 Å². The van der Waals surface area contributed by atoms with Crippen molar-refractivity contribution in [2.75, 3.05) is 12.8 Å². The molecule has 3 heteroatoms. The van der Waals surface area contributed by atoms with Gasteiger partial charge in [0, 0.05) is 23.1 Å². The molecule has 0 heterocycles. The Kier molecular flexibility index (Phi) is 5.31. The summed E-state index contributed by atoms with van der Waals surface area (Å²) in [5.74, 6) is 2.29. The molecule has 2 aromatic carbocycles. The van der Waals surface area contributed by atoms with Crippen molar-refractivity contribution in [2.24, 2.45) is 0 Å². The van der Waals surface area contributed by atoms with Crippen molar-refractivity contribution in [3.8, 4) is 5.75 Å². The lowest BCUT2D eigenvalue weighted by atomic mass is 10.1. The molecule has 2 N–H and O–H groups in total. The van der Waals surface area contributed by atoms with Gasteiger partial charge in [0.05, 0.1) is 0 Å². The summed E-state index contributed by atoms with van der Waals surface area (Å²) in [6.07, 6.45) is 0. The Bertz CT molecular complexity index is 501. The largest absolute Gasteiger partial charge is 0.508 e. The first kappa shape index (κ1) is 14.0. The van der Waals surface area contributed by atoms with Gasteiger partial charge in [0.25, 0.3) is 0 Å². The van der Waals surface area contributed by atoms with Crippen molar-refractivity contribution in [3.63, 3.8) is 0 Å². The molecule has 2 rings (SSSR count). The highest BCUT2D eigenvalue weighted by Gasteiger charge is 2.12. The monoisotopic (exact) mass is 273 g/mol. The Balaban J connectivity index is 1.92. The zero-order valence-corrected chi connectivity index (χ0v) is 11.9. The fraction of sp³-hybridized carbons (Fsp3) is 0.250. The van der Waals surface area contributed by atoms with Crippen LogP contribution >= 0.6 is 11.8 Å². The number of thioether (sulfide) groups is 1. The molecule has 1 unspecified atom stereocenters. The topological polar surface area (TPSA) is 32.3 Å². The Morgan fingerprint density at radius 1 is 1.05 bits per heavy atom. The molecular formula is C16H19NOS. The standard InChI is InChI=1S/C16H19NOS/c1-17-15(14-9-5-6-10-16(14)18)12-19-11-13-7-3-2-4-8-13/h2-10,15,17-18H,11-12H2,1H3. The highest BCUT2D eigenvalue weighted by molar-refractivity contribution is 7.98. The summed E-state index contributed by atoms with van der Waals surface area (Å²) in [7, 11) is 1.93. The van der Waals surface area contributed by atoms with Crippen LogP contribution in [-0.2, 0) is 5.75 Å². The summed E-state index contributed by atoms with van der Waals surface area (Å²) in [5.41, 5.74) is 2.30. The average Bonchev–Trinajstić information content (AvgIpc) is 2.46. The van der Waals surface area contributed by atoms with Gasteiger partial charge in [0.2, 0.25) is 0 Å². The van der Waals surface area contributed by atoms with E-state index in [1.165, 1.54) is 5.56 Å². The maximum atomic E-state index is 9.88. The Labute approximate surface area is 118 Å². The van der Waals surface area contributed by atoms with Gasteiger partial charge in [0.15, 0.2) is 0 Å². The molecule has 0 radical (unpaired) electrons. The average molecular weight is 273 g/mol. The van der Waals surface area contributed by atoms with Crippen LogP contribution in [0, 0.1) is 0 Å². The van der Waals surface area contributed by atoms with Crippen LogP contribution in [0.2, 0.25) is 0 Å². The number of benzene rings is 2. The molecule has 0 spiro atoms. The second-order valence-electron chi connectivity index (χ2n) is 4.40. The summed E-state index contributed by atoms with van der Waals surface area (Å²) in [6, 6.07) is 18.1. The molecule has 100 valence electrons. The predicted molar refractivity (Wildman–Crippen MR) is 82.5 cm³/mol. The minimum Gasteiger partial charge on any atom is -0.508 e. The highest BCUT2D eigenvalue weighted by atomic mass is 32.2. The van der Waals surface area contributed by atoms with Crippen molar-refractivity contribution in [1.29, 1.82) is 0 Å². The number of phenols is 1. The first-order valence-corrected chi connectivity index (χ1v) is 7.53. The lowest BCUT2D eigenvalue weighted by Crippen LogP contribution is -2.18. The summed E-state index contributed by atoms with van der Waals surface area (Å²) >= 11 is 1.87. The van der Waals surface area contributed by atoms with Crippen LogP contribution in [-0.4, -0.2) is 17.9 Å². The second kappa shape index (κ2) is 7.22. The zero-order chi connectivity index (χ0) is 13.5. The normalized spacial score (nSPS) is 12.3. The van der Waals surface area contributed by atoms with E-state index in [4.69, 9.17) is 0 Å². The quantitative estimate of drug-likeness (QED) is 0.843. The van der Waals surface area contributed by atoms with Gasteiger partial charge in [-0.1, -0.05) is 48.5 Å². The van der Waals surface area contributed by atoms with E-state index >= 15 is 0 Å². The fourth-order valence-electron chi connectivity index (χ4n) is 1.98. The van der Waals surface area contributed by atoms with Crippen LogP contribution in [0.25, 0.3) is 0 Å². The number of rotatable bonds is 6. The fourth-order valence-corrected chi connectivity index (χ4v) is 3.11. The minimum atomic E-state index is 0.176. The summed E-state index contributed by atoms with van der Waals surface area (Å²) in [5, 5.41) is 13.1. The molecule has 0 fully saturated rings. The first-order valence-electron chi connectivity index (χ1n) is 6.38. The molecule has 0 amide bonds. The maximum absolute atomic E-state index is 9.88. The Morgan fingerprint density at radius 3 is 2.42 bits per heavy atom. The lowest BCUT2D eigenvalue weighted by molar-refractivity contribution is 0.458. The number of hydrogen-bond donors (Lipinski definition) is 2. The van der Waals surface area contributed by atoms with E-state index in [1.54, 1.807) is 6.07 Å². The van der Waals surface area contributed by atoms with E-state index in [9.17, 15) is 5.11 Å². The molecule has 0 aliphatic carbocycles. The second-order valence-corrected chi connectivity index (χ2v) is 5.43. The van der Waals surface area contributed by atoms with E-state index < -0.39 is 0 Å². The summed E-state index contributed by atoms with van der Waals surface area (Å²) in [4.78, 5) is 0. The third kappa shape index (κ3) is 4.01. The van der Waals surface area contributed by atoms with E-state index in [-0.39, 0.29) is 6.04 Å². The molecule has 2 aromatic rings. The van der Waals surface area contributed by atoms with Crippen LogP contribution in [0.4, 0.5) is 0 Å². The van der Waals surface area contributed by atoms with Gasteiger partial charge < -0.3 is 10.4 Å². The number of aromatic hydroxyl groups is 1. The molecule has 2 nitrogen and oxygen atoms in total. The molecular weight excluding hydrogens is 254 g/mol. The number of nitrogens with one attached hydrogen (secondary N) is 1. The molecule has 0 saturated heterocycles. The van der Waals surface area contributed by atoms with Crippen LogP contribution in [0.3, 0.4) is 0 Å². The molecule has 0 bridgehead atoms. The molecule has 1 atom stereocenters. The number of phenolic OH excluding ortho intramolecular Hbond substituents is 1. The zero-order valence-electron chi connectivity index (χ0n) is 11.0. The van der Waals surface area contributed by atoms with Crippen LogP contribution in [0.15, 0.2) is 54.6 Å². The van der Waals surface area contributed by atoms with Gasteiger partial charge in [0.1, 0.15) is 5.75 Å². The van der Waals surface area contributed by atoms with Crippen LogP contribution < -0.4 is 5.32 Å². The summed E-state index contributed by atoms with van der Waals surface area (Å²) in [6.45, 7) is 0. The predicted octanol–water partition coefficient (Wildman–Crippen LogP) is 3.59. The first-order chi connectivity index (χ1) is 9.31. The van der Waals surface area contributed by atoms with Crippen molar-refractivity contribution in [2.45, 2.75) is 11.8 Å². The van der Waals surface area contributed by atoms with Crippen molar-refractivity contribution < 1.29 is 5.11 Å². The number of hydrogen-bond acceptors (Lipinski definition) is 3. The lowest BCUT2D eigenvalue weighted by Gasteiger charge is -2.17. The third-order valence-corrected chi connectivity index (χ3v) is 4.16. The molecule has 0 aliphatic heterocycles. The van der Waals surface area contributed by atoms with Crippen LogP contribution in [0.1, 0.15) is 17.2 Å². The van der Waals surface area contributed by atoms with E-state index in [2.05, 4.69) is 29.6 Å².